The van der Waals surface area contributed by atoms with E-state index < -0.39 is 0 Å². The summed E-state index contributed by atoms with van der Waals surface area (Å²) in [7, 11) is 0. The molecule has 0 aliphatic heterocycles. The van der Waals surface area contributed by atoms with Crippen molar-refractivity contribution in [2.45, 2.75) is 83.5 Å². The smallest absolute Gasteiger partial charge is 0.0296 e. The van der Waals surface area contributed by atoms with Crippen LogP contribution in [-0.2, 0) is 19.3 Å². The first-order chi connectivity index (χ1) is 22.9. The topological polar surface area (TPSA) is 0 Å². The molecule has 47 heavy (non-hydrogen) atoms. The van der Waals surface area contributed by atoms with Gasteiger partial charge < -0.3 is 0 Å². The summed E-state index contributed by atoms with van der Waals surface area (Å²) in [6, 6.07) is 37.4. The van der Waals surface area contributed by atoms with E-state index in [-0.39, 0.29) is 5.92 Å². The third kappa shape index (κ3) is 8.30. The maximum Gasteiger partial charge on any atom is 0.0296 e. The molecule has 4 aromatic carbocycles. The molecule has 3 unspecified atom stereocenters. The lowest BCUT2D eigenvalue weighted by molar-refractivity contribution is 0.712. The highest BCUT2D eigenvalue weighted by molar-refractivity contribution is 5.74. The minimum absolute atomic E-state index is 0.0756. The van der Waals surface area contributed by atoms with Gasteiger partial charge in [0.1, 0.15) is 0 Å². The van der Waals surface area contributed by atoms with Crippen LogP contribution in [0.15, 0.2) is 158 Å². The second-order valence-corrected chi connectivity index (χ2v) is 13.1. The first-order valence-corrected chi connectivity index (χ1v) is 17.6. The van der Waals surface area contributed by atoms with E-state index in [1.165, 1.54) is 55.7 Å². The van der Waals surface area contributed by atoms with Crippen LogP contribution in [0.2, 0.25) is 0 Å². The molecule has 0 nitrogen and oxygen atoms in total. The summed E-state index contributed by atoms with van der Waals surface area (Å²) < 4.78 is 0. The molecule has 0 heteroatoms. The summed E-state index contributed by atoms with van der Waals surface area (Å²) in [6.45, 7) is 20.7. The Labute approximate surface area is 285 Å². The number of benzene rings is 4. The second kappa shape index (κ2) is 16.4. The summed E-state index contributed by atoms with van der Waals surface area (Å²) >= 11 is 0. The summed E-state index contributed by atoms with van der Waals surface area (Å²) in [5.74, 6) is 0.929. The Morgan fingerprint density at radius 3 is 1.87 bits per heavy atom. The van der Waals surface area contributed by atoms with Crippen LogP contribution in [0, 0.1) is 0 Å². The minimum Gasteiger partial charge on any atom is -0.0995 e. The highest BCUT2D eigenvalue weighted by Gasteiger charge is 2.27. The normalized spacial score (nSPS) is 16.6. The first kappa shape index (κ1) is 33.9. The van der Waals surface area contributed by atoms with Gasteiger partial charge in [-0.3, -0.25) is 0 Å². The molecule has 4 aromatic rings. The van der Waals surface area contributed by atoms with E-state index in [1.54, 1.807) is 0 Å². The second-order valence-electron chi connectivity index (χ2n) is 13.1. The lowest BCUT2D eigenvalue weighted by Crippen LogP contribution is -2.07. The molecular formula is C47H52. The quantitative estimate of drug-likeness (QED) is 0.117. The molecule has 1 aliphatic carbocycles. The van der Waals surface area contributed by atoms with Crippen LogP contribution < -0.4 is 0 Å². The number of allylic oxidation sites excluding steroid dienone is 7. The highest BCUT2D eigenvalue weighted by atomic mass is 14.3. The Balaban J connectivity index is 1.28. The molecule has 0 radical (unpaired) electrons. The molecule has 0 spiro atoms. The first-order valence-electron chi connectivity index (χ1n) is 17.6. The van der Waals surface area contributed by atoms with E-state index >= 15 is 0 Å². The molecule has 0 saturated heterocycles. The average Bonchev–Trinajstić information content (AvgIpc) is 3.55. The zero-order valence-corrected chi connectivity index (χ0v) is 28.9. The monoisotopic (exact) mass is 616 g/mol. The summed E-state index contributed by atoms with van der Waals surface area (Å²) in [6.07, 6.45) is 14.1. The van der Waals surface area contributed by atoms with E-state index in [2.05, 4.69) is 155 Å². The zero-order valence-electron chi connectivity index (χ0n) is 28.9. The van der Waals surface area contributed by atoms with Gasteiger partial charge in [-0.1, -0.05) is 173 Å². The Morgan fingerprint density at radius 2 is 1.30 bits per heavy atom. The molecular weight excluding hydrogens is 565 g/mol. The molecule has 3 atom stereocenters. The third-order valence-corrected chi connectivity index (χ3v) is 10.0. The van der Waals surface area contributed by atoms with Crippen LogP contribution in [0.25, 0.3) is 5.57 Å². The van der Waals surface area contributed by atoms with Crippen LogP contribution >= 0.6 is 0 Å². The number of aryl methyl sites for hydroxylation is 2. The van der Waals surface area contributed by atoms with Gasteiger partial charge in [-0.05, 0) is 95.0 Å². The third-order valence-electron chi connectivity index (χ3n) is 10.0. The van der Waals surface area contributed by atoms with Gasteiger partial charge in [0.15, 0.2) is 0 Å². The Bertz CT molecular complexity index is 1690. The molecule has 5 rings (SSSR count). The van der Waals surface area contributed by atoms with Gasteiger partial charge >= 0.3 is 0 Å². The maximum absolute atomic E-state index is 4.71. The molecule has 0 saturated carbocycles. The highest BCUT2D eigenvalue weighted by Crippen LogP contribution is 2.44. The maximum atomic E-state index is 4.71. The van der Waals surface area contributed by atoms with Crippen molar-refractivity contribution in [2.75, 3.05) is 0 Å². The summed E-state index contributed by atoms with van der Waals surface area (Å²) in [5, 5.41) is 0. The lowest BCUT2D eigenvalue weighted by atomic mass is 9.79. The fourth-order valence-corrected chi connectivity index (χ4v) is 7.43. The van der Waals surface area contributed by atoms with Gasteiger partial charge in [-0.25, -0.2) is 0 Å². The van der Waals surface area contributed by atoms with Gasteiger partial charge in [0.05, 0.1) is 0 Å². The van der Waals surface area contributed by atoms with Crippen molar-refractivity contribution in [3.63, 3.8) is 0 Å². The molecule has 240 valence electrons. The standard InChI is InChI=1S/C47H52/c1-7-37-30-43(31-38(8-2)45(37)9-3)36(6)47(41-25-17-12-18-26-41)35(5)29-28-34(4)20-19-27-42-32-44(39-21-13-10-14-22-39)33-46(42)40-23-15-11-16-24-40/h10-19,21-27,30-32,44,46-47H,4-9,20,28-29,33H2,1-3H3/b27-19+. The van der Waals surface area contributed by atoms with Gasteiger partial charge in [0.25, 0.3) is 0 Å². The van der Waals surface area contributed by atoms with Crippen molar-refractivity contribution in [1.29, 1.82) is 0 Å². The Kier molecular flexibility index (Phi) is 11.9. The van der Waals surface area contributed by atoms with Crippen LogP contribution in [0.3, 0.4) is 0 Å². The Hall–Kier alpha value is -4.42. The van der Waals surface area contributed by atoms with Crippen LogP contribution in [0.1, 0.15) is 103 Å². The molecule has 1 aliphatic rings. The number of hydrogen-bond donors (Lipinski definition) is 0. The summed E-state index contributed by atoms with van der Waals surface area (Å²) in [5.41, 5.74) is 14.7. The van der Waals surface area contributed by atoms with Gasteiger partial charge in [-0.2, -0.15) is 0 Å². The SMILES string of the molecule is C=C(C/C=C/C1=CC(c2ccccc2)CC1c1ccccc1)CCC(=C)C(C(=C)c1cc(CC)c(CC)c(CC)c1)c1ccccc1. The largest absolute Gasteiger partial charge is 0.0995 e. The molecule has 0 aromatic heterocycles. The van der Waals surface area contributed by atoms with Crippen LogP contribution in [0.4, 0.5) is 0 Å². The van der Waals surface area contributed by atoms with Gasteiger partial charge in [-0.15, -0.1) is 0 Å². The van der Waals surface area contributed by atoms with Crippen molar-refractivity contribution in [2.24, 2.45) is 0 Å². The summed E-state index contributed by atoms with van der Waals surface area (Å²) in [4.78, 5) is 0. The predicted octanol–water partition coefficient (Wildman–Crippen LogP) is 12.9. The number of rotatable bonds is 15. The molecule has 0 N–H and O–H groups in total. The molecule has 0 amide bonds. The van der Waals surface area contributed by atoms with Crippen molar-refractivity contribution < 1.29 is 0 Å². The van der Waals surface area contributed by atoms with Gasteiger partial charge in [0.2, 0.25) is 0 Å². The molecule has 0 fully saturated rings. The van der Waals surface area contributed by atoms with E-state index in [0.717, 1.165) is 50.5 Å². The average molecular weight is 617 g/mol. The van der Waals surface area contributed by atoms with E-state index in [4.69, 9.17) is 6.58 Å². The van der Waals surface area contributed by atoms with Crippen molar-refractivity contribution in [3.05, 3.63) is 197 Å². The van der Waals surface area contributed by atoms with Crippen molar-refractivity contribution in [1.82, 2.24) is 0 Å². The lowest BCUT2D eigenvalue weighted by Gasteiger charge is -2.25. The minimum atomic E-state index is 0.0756. The van der Waals surface area contributed by atoms with Crippen LogP contribution in [0.5, 0.6) is 0 Å². The van der Waals surface area contributed by atoms with E-state index in [1.807, 2.05) is 0 Å². The fourth-order valence-electron chi connectivity index (χ4n) is 7.43. The van der Waals surface area contributed by atoms with E-state index in [9.17, 15) is 0 Å². The van der Waals surface area contributed by atoms with E-state index in [0.29, 0.717) is 11.8 Å². The van der Waals surface area contributed by atoms with Crippen molar-refractivity contribution in [3.8, 4) is 0 Å². The number of hydrogen-bond acceptors (Lipinski definition) is 0. The fraction of sp³-hybridized carbons (Fsp3) is 0.277. The van der Waals surface area contributed by atoms with Crippen LogP contribution in [-0.4, -0.2) is 0 Å². The zero-order chi connectivity index (χ0) is 33.2. The predicted molar refractivity (Wildman–Crippen MR) is 205 cm³/mol. The van der Waals surface area contributed by atoms with Gasteiger partial charge in [0, 0.05) is 17.8 Å². The van der Waals surface area contributed by atoms with Crippen molar-refractivity contribution >= 4 is 5.57 Å². The molecule has 0 heterocycles. The Morgan fingerprint density at radius 1 is 0.723 bits per heavy atom. The molecule has 0 bridgehead atoms.